The molecule has 37 heavy (non-hydrogen) atoms. The number of aryl methyl sites for hydroxylation is 1. The van der Waals surface area contributed by atoms with Gasteiger partial charge in [0.15, 0.2) is 11.6 Å². The van der Waals surface area contributed by atoms with Crippen LogP contribution in [0.4, 0.5) is 17.6 Å². The van der Waals surface area contributed by atoms with Crippen LogP contribution in [0.5, 0.6) is 5.75 Å². The van der Waals surface area contributed by atoms with Crippen LogP contribution in [0.15, 0.2) is 42.5 Å². The molecule has 2 aromatic carbocycles. The van der Waals surface area contributed by atoms with Gasteiger partial charge in [-0.3, -0.25) is 0 Å². The molecule has 0 aromatic heterocycles. The Labute approximate surface area is 220 Å². The largest absolute Gasteiger partial charge is 0.573 e. The molecule has 2 fully saturated rings. The van der Waals surface area contributed by atoms with Gasteiger partial charge in [-0.25, -0.2) is 4.39 Å². The van der Waals surface area contributed by atoms with Gasteiger partial charge in [0.25, 0.3) is 0 Å². The van der Waals surface area contributed by atoms with E-state index in [4.69, 9.17) is 0 Å². The summed E-state index contributed by atoms with van der Waals surface area (Å²) in [6.07, 6.45) is 14.3. The first-order chi connectivity index (χ1) is 17.7. The first-order valence-electron chi connectivity index (χ1n) is 14.4. The molecule has 1 nitrogen and oxygen atoms in total. The Morgan fingerprint density at radius 3 is 1.76 bits per heavy atom. The summed E-state index contributed by atoms with van der Waals surface area (Å²) in [7, 11) is 0. The third kappa shape index (κ3) is 9.04. The molecule has 0 aliphatic heterocycles. The average Bonchev–Trinajstić information content (AvgIpc) is 2.88. The van der Waals surface area contributed by atoms with Crippen molar-refractivity contribution in [3.63, 3.8) is 0 Å². The van der Waals surface area contributed by atoms with Crippen molar-refractivity contribution in [2.75, 3.05) is 0 Å². The van der Waals surface area contributed by atoms with Crippen molar-refractivity contribution in [1.29, 1.82) is 0 Å². The maximum Gasteiger partial charge on any atom is 0.573 e. The highest BCUT2D eigenvalue weighted by Crippen LogP contribution is 2.36. The van der Waals surface area contributed by atoms with Crippen LogP contribution in [-0.4, -0.2) is 6.36 Å². The molecule has 0 saturated heterocycles. The second kappa shape index (κ2) is 13.2. The van der Waals surface area contributed by atoms with E-state index < -0.39 is 17.9 Å². The second-order valence-corrected chi connectivity index (χ2v) is 11.7. The van der Waals surface area contributed by atoms with Crippen molar-refractivity contribution >= 4 is 0 Å². The van der Waals surface area contributed by atoms with E-state index >= 15 is 0 Å². The Bertz CT molecular complexity index is 952. The fourth-order valence-corrected chi connectivity index (χ4v) is 6.42. The van der Waals surface area contributed by atoms with Crippen LogP contribution in [0.2, 0.25) is 0 Å². The summed E-state index contributed by atoms with van der Waals surface area (Å²) >= 11 is 0. The van der Waals surface area contributed by atoms with Crippen LogP contribution in [0.3, 0.4) is 0 Å². The van der Waals surface area contributed by atoms with E-state index in [2.05, 4.69) is 11.7 Å². The number of unbranched alkanes of at least 4 members (excludes halogenated alkanes) is 1. The summed E-state index contributed by atoms with van der Waals surface area (Å²) in [5.74, 6) is 1.85. The minimum absolute atomic E-state index is 0.533. The molecule has 2 aliphatic carbocycles. The number of rotatable bonds is 10. The van der Waals surface area contributed by atoms with E-state index in [0.29, 0.717) is 5.56 Å². The molecule has 204 valence electrons. The van der Waals surface area contributed by atoms with E-state index in [-0.39, 0.29) is 0 Å². The van der Waals surface area contributed by atoms with Crippen molar-refractivity contribution in [2.24, 2.45) is 23.7 Å². The Morgan fingerprint density at radius 2 is 1.22 bits per heavy atom. The van der Waals surface area contributed by atoms with Crippen LogP contribution >= 0.6 is 0 Å². The zero-order chi connectivity index (χ0) is 26.3. The van der Waals surface area contributed by atoms with Gasteiger partial charge in [0.05, 0.1) is 0 Å². The predicted octanol–water partition coefficient (Wildman–Crippen LogP) is 10.5. The van der Waals surface area contributed by atoms with Gasteiger partial charge < -0.3 is 4.74 Å². The first kappa shape index (κ1) is 28.0. The van der Waals surface area contributed by atoms with Gasteiger partial charge in [0.2, 0.25) is 0 Å². The highest BCUT2D eigenvalue weighted by atomic mass is 19.4. The quantitative estimate of drug-likeness (QED) is 0.224. The summed E-state index contributed by atoms with van der Waals surface area (Å²) in [4.78, 5) is 0. The lowest BCUT2D eigenvalue weighted by molar-refractivity contribution is -0.275. The van der Waals surface area contributed by atoms with Gasteiger partial charge in [-0.05, 0) is 65.3 Å². The molecular weight excluding hydrogens is 476 g/mol. The van der Waals surface area contributed by atoms with Gasteiger partial charge in [0, 0.05) is 0 Å². The number of ether oxygens (including phenoxy) is 1. The van der Waals surface area contributed by atoms with E-state index in [9.17, 15) is 17.6 Å². The highest BCUT2D eigenvalue weighted by molar-refractivity contribution is 5.64. The van der Waals surface area contributed by atoms with E-state index in [1.165, 1.54) is 95.1 Å². The van der Waals surface area contributed by atoms with Crippen LogP contribution < -0.4 is 4.74 Å². The molecule has 2 aromatic rings. The normalized spacial score (nSPS) is 24.7. The maximum atomic E-state index is 14.1. The Balaban J connectivity index is 1.14. The molecule has 0 amide bonds. The van der Waals surface area contributed by atoms with Crippen molar-refractivity contribution in [3.8, 4) is 16.9 Å². The molecule has 0 heterocycles. The predicted molar refractivity (Wildman–Crippen MR) is 142 cm³/mol. The summed E-state index contributed by atoms with van der Waals surface area (Å²) in [6.45, 7) is 2.40. The van der Waals surface area contributed by atoms with Crippen molar-refractivity contribution in [3.05, 3.63) is 53.8 Å². The Kier molecular flexibility index (Phi) is 9.95. The molecule has 4 rings (SSSR count). The fraction of sp³-hybridized carbons (Fsp3) is 0.625. The first-order valence-corrected chi connectivity index (χ1v) is 14.4. The molecular formula is C32H42F4O. The minimum Gasteiger partial charge on any atom is -0.403 e. The van der Waals surface area contributed by atoms with Crippen LogP contribution in [-0.2, 0) is 6.42 Å². The molecule has 0 atom stereocenters. The van der Waals surface area contributed by atoms with Crippen LogP contribution in [0.25, 0.3) is 11.1 Å². The molecule has 0 N–H and O–H groups in total. The topological polar surface area (TPSA) is 9.23 Å². The molecule has 0 unspecified atom stereocenters. The number of hydrogen-bond acceptors (Lipinski definition) is 1. The smallest absolute Gasteiger partial charge is 0.403 e. The van der Waals surface area contributed by atoms with E-state index in [0.717, 1.165) is 47.8 Å². The molecule has 0 spiro atoms. The number of alkyl halides is 3. The monoisotopic (exact) mass is 518 g/mol. The molecule has 2 aliphatic rings. The standard InChI is InChI=1S/C32H42F4O/c1-23-6-8-24(9-7-23)4-2-3-5-25-10-12-26(13-11-25)14-15-27-16-18-28(19-17-27)29-20-21-31(30(33)22-29)37-32(34,35)36/h16-26H,2-15H2,1H3. The van der Waals surface area contributed by atoms with Gasteiger partial charge in [-0.2, -0.15) is 0 Å². The zero-order valence-electron chi connectivity index (χ0n) is 22.2. The third-order valence-corrected chi connectivity index (χ3v) is 8.86. The van der Waals surface area contributed by atoms with Gasteiger partial charge in [-0.1, -0.05) is 114 Å². The SMILES string of the molecule is CC1CCC(CCCCC2CCC(CCc3ccc(-c4ccc(OC(F)(F)F)c(F)c4)cc3)CC2)CC1. The number of hydrogen-bond donors (Lipinski definition) is 0. The summed E-state index contributed by atoms with van der Waals surface area (Å²) in [5.41, 5.74) is 2.56. The fourth-order valence-electron chi connectivity index (χ4n) is 6.42. The molecule has 2 saturated carbocycles. The number of benzene rings is 2. The third-order valence-electron chi connectivity index (χ3n) is 8.86. The van der Waals surface area contributed by atoms with Crippen LogP contribution in [0.1, 0.15) is 96.0 Å². The van der Waals surface area contributed by atoms with Crippen molar-refractivity contribution < 1.29 is 22.3 Å². The van der Waals surface area contributed by atoms with Gasteiger partial charge in [0.1, 0.15) is 0 Å². The lowest BCUT2D eigenvalue weighted by atomic mass is 9.77. The van der Waals surface area contributed by atoms with Gasteiger partial charge in [-0.15, -0.1) is 13.2 Å². The molecule has 5 heteroatoms. The van der Waals surface area contributed by atoms with E-state index in [1.807, 2.05) is 24.3 Å². The number of halogens is 4. The van der Waals surface area contributed by atoms with Gasteiger partial charge >= 0.3 is 6.36 Å². The lowest BCUT2D eigenvalue weighted by Crippen LogP contribution is -2.17. The Hall–Kier alpha value is -2.04. The zero-order valence-corrected chi connectivity index (χ0v) is 22.2. The maximum absolute atomic E-state index is 14.1. The van der Waals surface area contributed by atoms with E-state index in [1.54, 1.807) is 0 Å². The van der Waals surface area contributed by atoms with Crippen molar-refractivity contribution in [1.82, 2.24) is 0 Å². The molecule has 0 radical (unpaired) electrons. The average molecular weight is 519 g/mol. The second-order valence-electron chi connectivity index (χ2n) is 11.7. The minimum atomic E-state index is -4.91. The highest BCUT2D eigenvalue weighted by Gasteiger charge is 2.32. The summed E-state index contributed by atoms with van der Waals surface area (Å²) < 4.78 is 54.8. The lowest BCUT2D eigenvalue weighted by Gasteiger charge is -2.29. The Morgan fingerprint density at radius 1 is 0.703 bits per heavy atom. The summed E-state index contributed by atoms with van der Waals surface area (Å²) in [6, 6.07) is 11.5. The van der Waals surface area contributed by atoms with Crippen LogP contribution in [0, 0.1) is 29.5 Å². The van der Waals surface area contributed by atoms with Crippen molar-refractivity contribution in [2.45, 2.75) is 103 Å². The molecule has 0 bridgehead atoms. The summed E-state index contributed by atoms with van der Waals surface area (Å²) in [5, 5.41) is 0.